The van der Waals surface area contributed by atoms with E-state index in [2.05, 4.69) is 0 Å². The summed E-state index contributed by atoms with van der Waals surface area (Å²) in [4.78, 5) is 32.7. The molecule has 1 atom stereocenters. The summed E-state index contributed by atoms with van der Waals surface area (Å²) in [5, 5.41) is 25.7. The van der Waals surface area contributed by atoms with E-state index in [-0.39, 0.29) is 31.5 Å². The number of unbranched alkanes of at least 4 members (excludes halogenated alkanes) is 1. The second-order valence-corrected chi connectivity index (χ2v) is 3.94. The number of carboxylic acid groups (broad SMARTS) is 3. The van der Waals surface area contributed by atoms with Crippen LogP contribution in [0.1, 0.15) is 19.3 Å². The van der Waals surface area contributed by atoms with Crippen molar-refractivity contribution in [1.29, 1.82) is 0 Å². The number of hydrogen-bond acceptors (Lipinski definition) is 5. The molecule has 0 aromatic carbocycles. The molecule has 0 aliphatic rings. The van der Waals surface area contributed by atoms with Crippen LogP contribution in [0.25, 0.3) is 0 Å². The molecule has 0 aliphatic carbocycles. The minimum atomic E-state index is -1.10. The van der Waals surface area contributed by atoms with Gasteiger partial charge in [-0.3, -0.25) is 19.3 Å². The molecule has 0 aromatic heterocycles. The van der Waals surface area contributed by atoms with E-state index in [1.807, 2.05) is 0 Å². The van der Waals surface area contributed by atoms with Gasteiger partial charge in [-0.25, -0.2) is 0 Å². The lowest BCUT2D eigenvalue weighted by Crippen LogP contribution is -2.35. The third kappa shape index (κ3) is 11.1. The zero-order chi connectivity index (χ0) is 14.1. The number of carbonyl (C=O) groups is 3. The highest BCUT2D eigenvalue weighted by atomic mass is 16.4. The van der Waals surface area contributed by atoms with Gasteiger partial charge in [0.25, 0.3) is 0 Å². The lowest BCUT2D eigenvalue weighted by molar-refractivity contribution is -0.142. The van der Waals surface area contributed by atoms with Gasteiger partial charge in [0.1, 0.15) is 6.04 Å². The molecule has 19 heavy (non-hydrogen) atoms. The standard InChI is InChI=1S/C10H18N2O6.H2O/c11-7(10(17)18)3-1-2-4-12(5-8(13)14)6-9(15)16;/h7H,1-6,11H2,(H,13,14)(H,15,16)(H,17,18);1H2/t7-;/m0./s1. The van der Waals surface area contributed by atoms with Crippen molar-refractivity contribution in [3.8, 4) is 0 Å². The van der Waals surface area contributed by atoms with Gasteiger partial charge in [0.05, 0.1) is 13.1 Å². The average Bonchev–Trinajstić information content (AvgIpc) is 2.21. The molecule has 0 heterocycles. The van der Waals surface area contributed by atoms with E-state index in [0.29, 0.717) is 12.8 Å². The minimum Gasteiger partial charge on any atom is -0.480 e. The zero-order valence-corrected chi connectivity index (χ0v) is 10.4. The van der Waals surface area contributed by atoms with Crippen LogP contribution in [0.4, 0.5) is 0 Å². The Hall–Kier alpha value is -1.71. The Bertz CT molecular complexity index is 292. The molecule has 112 valence electrons. The highest BCUT2D eigenvalue weighted by molar-refractivity contribution is 5.73. The van der Waals surface area contributed by atoms with Crippen LogP contribution in [0.3, 0.4) is 0 Å². The molecule has 0 unspecified atom stereocenters. The maximum absolute atomic E-state index is 10.5. The van der Waals surface area contributed by atoms with Crippen LogP contribution < -0.4 is 5.73 Å². The number of nitrogens with two attached hydrogens (primary N) is 1. The summed E-state index contributed by atoms with van der Waals surface area (Å²) in [5.41, 5.74) is 5.29. The molecule has 9 nitrogen and oxygen atoms in total. The number of rotatable bonds is 10. The molecule has 0 amide bonds. The summed E-state index contributed by atoms with van der Waals surface area (Å²) in [6, 6.07) is -0.933. The minimum absolute atomic E-state index is 0. The Morgan fingerprint density at radius 2 is 1.47 bits per heavy atom. The van der Waals surface area contributed by atoms with Gasteiger partial charge >= 0.3 is 17.9 Å². The third-order valence-electron chi connectivity index (χ3n) is 2.27. The fourth-order valence-electron chi connectivity index (χ4n) is 1.42. The van der Waals surface area contributed by atoms with Crippen molar-refractivity contribution >= 4 is 17.9 Å². The fourth-order valence-corrected chi connectivity index (χ4v) is 1.42. The summed E-state index contributed by atoms with van der Waals surface area (Å²) in [6.07, 6.45) is 1.29. The second-order valence-electron chi connectivity index (χ2n) is 3.94. The van der Waals surface area contributed by atoms with Crippen LogP contribution in [0, 0.1) is 0 Å². The number of nitrogens with zero attached hydrogens (tertiary/aromatic N) is 1. The van der Waals surface area contributed by atoms with Crippen molar-refractivity contribution in [2.75, 3.05) is 19.6 Å². The smallest absolute Gasteiger partial charge is 0.320 e. The fraction of sp³-hybridized carbons (Fsp3) is 0.700. The highest BCUT2D eigenvalue weighted by Gasteiger charge is 2.14. The van der Waals surface area contributed by atoms with Crippen molar-refractivity contribution in [3.63, 3.8) is 0 Å². The van der Waals surface area contributed by atoms with Gasteiger partial charge in [-0.15, -0.1) is 0 Å². The Kier molecular flexibility index (Phi) is 10.6. The van der Waals surface area contributed by atoms with Crippen molar-refractivity contribution in [1.82, 2.24) is 4.90 Å². The van der Waals surface area contributed by atoms with E-state index >= 15 is 0 Å². The highest BCUT2D eigenvalue weighted by Crippen LogP contribution is 2.02. The third-order valence-corrected chi connectivity index (χ3v) is 2.27. The van der Waals surface area contributed by atoms with Crippen LogP contribution in [0.5, 0.6) is 0 Å². The summed E-state index contributed by atoms with van der Waals surface area (Å²) in [7, 11) is 0. The van der Waals surface area contributed by atoms with Gasteiger partial charge in [0.2, 0.25) is 0 Å². The first-order valence-corrected chi connectivity index (χ1v) is 5.47. The molecule has 0 saturated heterocycles. The molecule has 0 rings (SSSR count). The average molecular weight is 280 g/mol. The maximum Gasteiger partial charge on any atom is 0.320 e. The van der Waals surface area contributed by atoms with Crippen molar-refractivity contribution in [3.05, 3.63) is 0 Å². The van der Waals surface area contributed by atoms with E-state index in [1.54, 1.807) is 0 Å². The predicted molar refractivity (Wildman–Crippen MR) is 64.8 cm³/mol. The van der Waals surface area contributed by atoms with Crippen molar-refractivity contribution < 1.29 is 35.2 Å². The quantitative estimate of drug-likeness (QED) is 0.339. The van der Waals surface area contributed by atoms with Gasteiger partial charge in [0, 0.05) is 0 Å². The Labute approximate surface area is 109 Å². The second kappa shape index (κ2) is 10.2. The number of aliphatic carboxylic acids is 3. The lowest BCUT2D eigenvalue weighted by Gasteiger charge is -2.17. The molecular weight excluding hydrogens is 260 g/mol. The number of carboxylic acids is 3. The van der Waals surface area contributed by atoms with E-state index in [0.717, 1.165) is 0 Å². The number of hydrogen-bond donors (Lipinski definition) is 4. The first-order valence-electron chi connectivity index (χ1n) is 5.47. The van der Waals surface area contributed by atoms with E-state index in [1.165, 1.54) is 4.90 Å². The molecule has 0 radical (unpaired) electrons. The summed E-state index contributed by atoms with van der Waals surface area (Å²) < 4.78 is 0. The van der Waals surface area contributed by atoms with Gasteiger partial charge in [-0.05, 0) is 19.4 Å². The Morgan fingerprint density at radius 1 is 1.00 bits per heavy atom. The summed E-state index contributed by atoms with van der Waals surface area (Å²) in [6.45, 7) is -0.417. The first kappa shape index (κ1) is 19.6. The maximum atomic E-state index is 10.5. The molecule has 0 bridgehead atoms. The van der Waals surface area contributed by atoms with Gasteiger partial charge in [0.15, 0.2) is 0 Å². The molecule has 0 spiro atoms. The largest absolute Gasteiger partial charge is 0.480 e. The van der Waals surface area contributed by atoms with Crippen LogP contribution in [0.15, 0.2) is 0 Å². The molecule has 0 aliphatic heterocycles. The molecule has 0 aromatic rings. The molecular formula is C10H20N2O7. The van der Waals surface area contributed by atoms with Gasteiger partial charge < -0.3 is 26.5 Å². The van der Waals surface area contributed by atoms with Crippen LogP contribution in [0.2, 0.25) is 0 Å². The van der Waals surface area contributed by atoms with Gasteiger partial charge in [-0.2, -0.15) is 0 Å². The van der Waals surface area contributed by atoms with Crippen molar-refractivity contribution in [2.45, 2.75) is 25.3 Å². The molecule has 9 heteroatoms. The van der Waals surface area contributed by atoms with Crippen LogP contribution in [-0.4, -0.2) is 69.3 Å². The van der Waals surface area contributed by atoms with Crippen LogP contribution >= 0.6 is 0 Å². The molecule has 0 saturated carbocycles. The molecule has 0 fully saturated rings. The summed E-state index contributed by atoms with van der Waals surface area (Å²) in [5.74, 6) is -3.28. The Balaban J connectivity index is 0. The van der Waals surface area contributed by atoms with Crippen molar-refractivity contribution in [2.24, 2.45) is 5.73 Å². The lowest BCUT2D eigenvalue weighted by atomic mass is 10.1. The van der Waals surface area contributed by atoms with E-state index < -0.39 is 23.9 Å². The first-order chi connectivity index (χ1) is 8.32. The normalized spacial score (nSPS) is 11.7. The monoisotopic (exact) mass is 280 g/mol. The predicted octanol–water partition coefficient (Wildman–Crippen LogP) is -1.78. The summed E-state index contributed by atoms with van der Waals surface area (Å²) >= 11 is 0. The van der Waals surface area contributed by atoms with E-state index in [9.17, 15) is 14.4 Å². The van der Waals surface area contributed by atoms with E-state index in [4.69, 9.17) is 21.1 Å². The van der Waals surface area contributed by atoms with Gasteiger partial charge in [-0.1, -0.05) is 6.42 Å². The molecule has 7 N–H and O–H groups in total. The van der Waals surface area contributed by atoms with Crippen LogP contribution in [-0.2, 0) is 14.4 Å². The zero-order valence-electron chi connectivity index (χ0n) is 10.4. The SMILES string of the molecule is N[C@@H](CCCCN(CC(=O)O)CC(=O)O)C(=O)O.O. The Morgan fingerprint density at radius 3 is 1.84 bits per heavy atom. The topological polar surface area (TPSA) is 173 Å².